The monoisotopic (exact) mass is 262 g/mol. The van der Waals surface area contributed by atoms with Crippen LogP contribution in [-0.4, -0.2) is 35.7 Å². The molecule has 0 aliphatic heterocycles. The zero-order valence-corrected chi connectivity index (χ0v) is 11.8. The Balaban J connectivity index is 1.99. The Bertz CT molecular complexity index is 368. The molecule has 0 amide bonds. The van der Waals surface area contributed by atoms with Crippen molar-refractivity contribution in [1.82, 2.24) is 4.90 Å². The maximum absolute atomic E-state index is 10.4. The van der Waals surface area contributed by atoms with E-state index in [1.165, 1.54) is 19.3 Å². The Morgan fingerprint density at radius 3 is 2.68 bits per heavy atom. The number of nitrogens with zero attached hydrogens (tertiary/aromatic N) is 1. The van der Waals surface area contributed by atoms with Crippen molar-refractivity contribution in [2.24, 2.45) is 11.7 Å². The van der Waals surface area contributed by atoms with Crippen molar-refractivity contribution < 1.29 is 5.11 Å². The molecule has 0 radical (unpaired) electrons. The van der Waals surface area contributed by atoms with E-state index >= 15 is 0 Å². The van der Waals surface area contributed by atoms with Gasteiger partial charge in [-0.2, -0.15) is 0 Å². The van der Waals surface area contributed by atoms with E-state index in [2.05, 4.69) is 11.8 Å². The van der Waals surface area contributed by atoms with E-state index in [-0.39, 0.29) is 0 Å². The molecule has 0 saturated heterocycles. The van der Waals surface area contributed by atoms with Gasteiger partial charge in [-0.05, 0) is 37.4 Å². The van der Waals surface area contributed by atoms with E-state index < -0.39 is 6.10 Å². The summed E-state index contributed by atoms with van der Waals surface area (Å²) in [6, 6.07) is 10.5. The van der Waals surface area contributed by atoms with Crippen molar-refractivity contribution >= 4 is 0 Å². The van der Waals surface area contributed by atoms with Crippen molar-refractivity contribution in [2.45, 2.75) is 38.3 Å². The van der Waals surface area contributed by atoms with Crippen molar-refractivity contribution in [3.63, 3.8) is 0 Å². The van der Waals surface area contributed by atoms with Gasteiger partial charge in [0, 0.05) is 12.6 Å². The molecule has 0 spiro atoms. The highest BCUT2D eigenvalue weighted by Gasteiger charge is 2.31. The molecule has 1 aliphatic carbocycles. The van der Waals surface area contributed by atoms with Gasteiger partial charge in [0.15, 0.2) is 0 Å². The van der Waals surface area contributed by atoms with E-state index in [9.17, 15) is 5.11 Å². The number of likely N-dealkylation sites (N-methyl/N-ethyl adjacent to an activating group) is 1. The smallest absolute Gasteiger partial charge is 0.0917 e. The Kier molecular flexibility index (Phi) is 5.37. The second-order valence-electron chi connectivity index (χ2n) is 5.51. The van der Waals surface area contributed by atoms with Crippen molar-refractivity contribution in [1.29, 1.82) is 0 Å². The van der Waals surface area contributed by atoms with Crippen LogP contribution in [0.15, 0.2) is 30.3 Å². The molecule has 1 aromatic rings. The zero-order valence-electron chi connectivity index (χ0n) is 11.8. The summed E-state index contributed by atoms with van der Waals surface area (Å²) in [7, 11) is 0. The molecule has 106 valence electrons. The van der Waals surface area contributed by atoms with Gasteiger partial charge >= 0.3 is 0 Å². The number of hydrogen-bond donors (Lipinski definition) is 2. The van der Waals surface area contributed by atoms with E-state index in [4.69, 9.17) is 5.73 Å². The SMILES string of the molecule is CCN(CC(O)c1ccccc1)C1CCCC1CN. The van der Waals surface area contributed by atoms with E-state index in [0.29, 0.717) is 18.5 Å². The second-order valence-corrected chi connectivity index (χ2v) is 5.51. The lowest BCUT2D eigenvalue weighted by Crippen LogP contribution is -2.42. The third kappa shape index (κ3) is 3.56. The first-order chi connectivity index (χ1) is 9.26. The largest absolute Gasteiger partial charge is 0.387 e. The Labute approximate surface area is 116 Å². The molecule has 2 rings (SSSR count). The van der Waals surface area contributed by atoms with Crippen LogP contribution in [0.1, 0.15) is 37.9 Å². The van der Waals surface area contributed by atoms with Crippen LogP contribution in [0.2, 0.25) is 0 Å². The third-order valence-corrected chi connectivity index (χ3v) is 4.39. The van der Waals surface area contributed by atoms with E-state index in [1.54, 1.807) is 0 Å². The molecular weight excluding hydrogens is 236 g/mol. The van der Waals surface area contributed by atoms with Crippen LogP contribution in [0.5, 0.6) is 0 Å². The molecule has 1 fully saturated rings. The number of aliphatic hydroxyl groups is 1. The third-order valence-electron chi connectivity index (χ3n) is 4.39. The lowest BCUT2D eigenvalue weighted by Gasteiger charge is -2.33. The molecule has 1 aliphatic rings. The topological polar surface area (TPSA) is 49.5 Å². The minimum absolute atomic E-state index is 0.403. The molecule has 1 aromatic carbocycles. The molecule has 0 heterocycles. The van der Waals surface area contributed by atoms with Gasteiger partial charge in [-0.3, -0.25) is 4.90 Å². The Hall–Kier alpha value is -0.900. The summed E-state index contributed by atoms with van der Waals surface area (Å²) >= 11 is 0. The molecule has 0 aromatic heterocycles. The van der Waals surface area contributed by atoms with Gasteiger partial charge in [0.25, 0.3) is 0 Å². The van der Waals surface area contributed by atoms with Crippen LogP contribution in [0.25, 0.3) is 0 Å². The fourth-order valence-corrected chi connectivity index (χ4v) is 3.27. The van der Waals surface area contributed by atoms with E-state index in [1.807, 2.05) is 30.3 Å². The summed E-state index contributed by atoms with van der Waals surface area (Å²) in [5, 5.41) is 10.4. The van der Waals surface area contributed by atoms with Gasteiger partial charge in [0.1, 0.15) is 0 Å². The number of benzene rings is 1. The summed E-state index contributed by atoms with van der Waals surface area (Å²) in [5.41, 5.74) is 6.87. The summed E-state index contributed by atoms with van der Waals surface area (Å²) in [6.07, 6.45) is 3.32. The van der Waals surface area contributed by atoms with Crippen molar-refractivity contribution in [3.8, 4) is 0 Å². The van der Waals surface area contributed by atoms with Crippen LogP contribution in [0, 0.1) is 5.92 Å². The lowest BCUT2D eigenvalue weighted by molar-refractivity contribution is 0.0781. The van der Waals surface area contributed by atoms with Crippen LogP contribution < -0.4 is 5.73 Å². The Morgan fingerprint density at radius 2 is 2.05 bits per heavy atom. The summed E-state index contributed by atoms with van der Waals surface area (Å²) < 4.78 is 0. The fraction of sp³-hybridized carbons (Fsp3) is 0.625. The molecule has 19 heavy (non-hydrogen) atoms. The van der Waals surface area contributed by atoms with Gasteiger partial charge in [0.2, 0.25) is 0 Å². The van der Waals surface area contributed by atoms with Gasteiger partial charge in [-0.25, -0.2) is 0 Å². The number of aliphatic hydroxyl groups excluding tert-OH is 1. The predicted molar refractivity (Wildman–Crippen MR) is 78.8 cm³/mol. The standard InChI is InChI=1S/C16H26N2O/c1-2-18(15-10-6-9-14(15)11-17)12-16(19)13-7-4-3-5-8-13/h3-5,7-8,14-16,19H,2,6,9-12,17H2,1H3. The molecule has 3 atom stereocenters. The Morgan fingerprint density at radius 1 is 1.32 bits per heavy atom. The predicted octanol–water partition coefficient (Wildman–Crippen LogP) is 2.17. The molecular formula is C16H26N2O. The maximum Gasteiger partial charge on any atom is 0.0917 e. The molecule has 3 N–H and O–H groups in total. The second kappa shape index (κ2) is 7.04. The lowest BCUT2D eigenvalue weighted by atomic mass is 10.0. The fourth-order valence-electron chi connectivity index (χ4n) is 3.27. The first-order valence-electron chi connectivity index (χ1n) is 7.43. The van der Waals surface area contributed by atoms with Crippen LogP contribution in [-0.2, 0) is 0 Å². The van der Waals surface area contributed by atoms with Crippen molar-refractivity contribution in [3.05, 3.63) is 35.9 Å². The highest BCUT2D eigenvalue weighted by molar-refractivity contribution is 5.17. The first kappa shape index (κ1) is 14.5. The van der Waals surface area contributed by atoms with Crippen LogP contribution >= 0.6 is 0 Å². The average molecular weight is 262 g/mol. The highest BCUT2D eigenvalue weighted by atomic mass is 16.3. The number of hydrogen-bond acceptors (Lipinski definition) is 3. The normalized spacial score (nSPS) is 24.8. The van der Waals surface area contributed by atoms with Gasteiger partial charge in [-0.1, -0.05) is 43.7 Å². The highest BCUT2D eigenvalue weighted by Crippen LogP contribution is 2.30. The molecule has 3 nitrogen and oxygen atoms in total. The molecule has 3 unspecified atom stereocenters. The summed E-state index contributed by atoms with van der Waals surface area (Å²) in [4.78, 5) is 2.40. The maximum atomic E-state index is 10.4. The molecule has 3 heteroatoms. The molecule has 0 bridgehead atoms. The number of nitrogens with two attached hydrogens (primary N) is 1. The van der Waals surface area contributed by atoms with E-state index in [0.717, 1.165) is 18.7 Å². The first-order valence-corrected chi connectivity index (χ1v) is 7.43. The summed E-state index contributed by atoms with van der Waals surface area (Å²) in [6.45, 7) is 4.62. The number of rotatable bonds is 6. The summed E-state index contributed by atoms with van der Waals surface area (Å²) in [5.74, 6) is 0.600. The van der Waals surface area contributed by atoms with Gasteiger partial charge < -0.3 is 10.8 Å². The van der Waals surface area contributed by atoms with Crippen molar-refractivity contribution in [2.75, 3.05) is 19.6 Å². The molecule has 1 saturated carbocycles. The quantitative estimate of drug-likeness (QED) is 0.826. The minimum atomic E-state index is -0.403. The van der Waals surface area contributed by atoms with Crippen LogP contribution in [0.3, 0.4) is 0 Å². The minimum Gasteiger partial charge on any atom is -0.387 e. The zero-order chi connectivity index (χ0) is 13.7. The average Bonchev–Trinajstić information content (AvgIpc) is 2.93. The van der Waals surface area contributed by atoms with Gasteiger partial charge in [-0.15, -0.1) is 0 Å². The van der Waals surface area contributed by atoms with Gasteiger partial charge in [0.05, 0.1) is 6.10 Å². The van der Waals surface area contributed by atoms with Crippen LogP contribution in [0.4, 0.5) is 0 Å².